The average Bonchev–Trinajstić information content (AvgIpc) is 2.39. The van der Waals surface area contributed by atoms with Crippen LogP contribution in [0.25, 0.3) is 0 Å². The Kier molecular flexibility index (Phi) is 3.53. The molecule has 1 amide bonds. The highest BCUT2D eigenvalue weighted by Gasteiger charge is 2.06. The van der Waals surface area contributed by atoms with Crippen molar-refractivity contribution in [3.8, 4) is 6.01 Å². The normalized spacial score (nSPS) is 9.65. The van der Waals surface area contributed by atoms with E-state index in [9.17, 15) is 4.79 Å². The van der Waals surface area contributed by atoms with Crippen LogP contribution in [0.15, 0.2) is 36.7 Å². The molecule has 2 aromatic rings. The molecule has 0 spiro atoms. The number of carbonyl (C=O) groups is 1. The maximum absolute atomic E-state index is 11.3. The molecule has 0 atom stereocenters. The number of nitrogens with zero attached hydrogens (tertiary/aromatic N) is 4. The van der Waals surface area contributed by atoms with E-state index in [1.165, 1.54) is 0 Å². The van der Waals surface area contributed by atoms with Gasteiger partial charge in [0, 0.05) is 6.54 Å². The molecule has 0 aliphatic heterocycles. The van der Waals surface area contributed by atoms with E-state index < -0.39 is 6.09 Å². The fraction of sp³-hybridized carbons (Fsp3) is 0.100. The third kappa shape index (κ3) is 3.49. The second kappa shape index (κ2) is 5.50. The molecule has 0 aliphatic rings. The summed E-state index contributed by atoms with van der Waals surface area (Å²) < 4.78 is 4.74. The summed E-state index contributed by atoms with van der Waals surface area (Å²) >= 11 is 0. The van der Waals surface area contributed by atoms with E-state index in [0.717, 1.165) is 11.9 Å². The van der Waals surface area contributed by atoms with Gasteiger partial charge in [-0.05, 0) is 5.56 Å². The summed E-state index contributed by atoms with van der Waals surface area (Å²) in [5, 5.41) is 16.3. The van der Waals surface area contributed by atoms with Crippen LogP contribution in [0.5, 0.6) is 6.01 Å². The standard InChI is InChI=1S/C10H9N5O2/c16-10(17-9-14-12-7-13-15-9)11-6-8-4-2-1-3-5-8/h1-5,7H,6H2,(H,11,16). The maximum Gasteiger partial charge on any atom is 0.415 e. The van der Waals surface area contributed by atoms with E-state index >= 15 is 0 Å². The monoisotopic (exact) mass is 231 g/mol. The number of carbonyl (C=O) groups excluding carboxylic acids is 1. The van der Waals surface area contributed by atoms with Gasteiger partial charge in [0.15, 0.2) is 6.33 Å². The van der Waals surface area contributed by atoms with Gasteiger partial charge in [-0.1, -0.05) is 40.5 Å². The Morgan fingerprint density at radius 2 is 1.88 bits per heavy atom. The third-order valence-electron chi connectivity index (χ3n) is 1.85. The zero-order chi connectivity index (χ0) is 11.9. The number of ether oxygens (including phenoxy) is 1. The minimum Gasteiger partial charge on any atom is -0.372 e. The molecule has 0 unspecified atom stereocenters. The van der Waals surface area contributed by atoms with Gasteiger partial charge >= 0.3 is 12.1 Å². The molecule has 7 nitrogen and oxygen atoms in total. The lowest BCUT2D eigenvalue weighted by Crippen LogP contribution is -2.27. The summed E-state index contributed by atoms with van der Waals surface area (Å²) in [6.07, 6.45) is 0.498. The molecule has 1 aromatic heterocycles. The molecular formula is C10H9N5O2. The van der Waals surface area contributed by atoms with E-state index in [2.05, 4.69) is 25.7 Å². The summed E-state index contributed by atoms with van der Waals surface area (Å²) in [7, 11) is 0. The van der Waals surface area contributed by atoms with Crippen LogP contribution in [0.4, 0.5) is 4.79 Å². The molecule has 0 radical (unpaired) electrons. The first-order chi connectivity index (χ1) is 8.34. The van der Waals surface area contributed by atoms with E-state index in [-0.39, 0.29) is 6.01 Å². The highest BCUT2D eigenvalue weighted by molar-refractivity contribution is 5.69. The van der Waals surface area contributed by atoms with Gasteiger partial charge in [-0.15, -0.1) is 10.2 Å². The summed E-state index contributed by atoms with van der Waals surface area (Å²) in [5.41, 5.74) is 0.967. The SMILES string of the molecule is O=C(NCc1ccccc1)Oc1nncnn1. The zero-order valence-corrected chi connectivity index (χ0v) is 8.78. The van der Waals surface area contributed by atoms with Gasteiger partial charge in [-0.3, -0.25) is 0 Å². The smallest absolute Gasteiger partial charge is 0.372 e. The first kappa shape index (κ1) is 10.9. The molecule has 2 rings (SSSR count). The highest BCUT2D eigenvalue weighted by Crippen LogP contribution is 1.98. The number of nitrogens with one attached hydrogen (secondary N) is 1. The van der Waals surface area contributed by atoms with Gasteiger partial charge in [0.25, 0.3) is 0 Å². The maximum atomic E-state index is 11.3. The molecule has 17 heavy (non-hydrogen) atoms. The van der Waals surface area contributed by atoms with Gasteiger partial charge in [0.05, 0.1) is 0 Å². The van der Waals surface area contributed by atoms with Crippen molar-refractivity contribution in [2.75, 3.05) is 0 Å². The molecule has 1 heterocycles. The van der Waals surface area contributed by atoms with Crippen LogP contribution in [-0.2, 0) is 6.54 Å². The van der Waals surface area contributed by atoms with Crippen LogP contribution < -0.4 is 10.1 Å². The van der Waals surface area contributed by atoms with Gasteiger partial charge in [-0.2, -0.15) is 0 Å². The van der Waals surface area contributed by atoms with E-state index in [4.69, 9.17) is 4.74 Å². The summed E-state index contributed by atoms with van der Waals surface area (Å²) in [5.74, 6) is 0. The number of amides is 1. The Balaban J connectivity index is 1.83. The minimum atomic E-state index is -0.649. The second-order valence-electron chi connectivity index (χ2n) is 3.06. The number of aromatic nitrogens is 4. The number of hydrogen-bond acceptors (Lipinski definition) is 6. The zero-order valence-electron chi connectivity index (χ0n) is 8.78. The highest BCUT2D eigenvalue weighted by atomic mass is 16.6. The summed E-state index contributed by atoms with van der Waals surface area (Å²) in [4.78, 5) is 11.3. The molecule has 86 valence electrons. The Morgan fingerprint density at radius 3 is 2.59 bits per heavy atom. The van der Waals surface area contributed by atoms with Crippen molar-refractivity contribution in [1.29, 1.82) is 0 Å². The predicted octanol–water partition coefficient (Wildman–Crippen LogP) is 0.555. The first-order valence-corrected chi connectivity index (χ1v) is 4.84. The van der Waals surface area contributed by atoms with Crippen molar-refractivity contribution in [1.82, 2.24) is 25.7 Å². The largest absolute Gasteiger partial charge is 0.415 e. The predicted molar refractivity (Wildman–Crippen MR) is 56.9 cm³/mol. The van der Waals surface area contributed by atoms with Crippen LogP contribution in [0, 0.1) is 0 Å². The second-order valence-corrected chi connectivity index (χ2v) is 3.06. The lowest BCUT2D eigenvalue weighted by Gasteiger charge is -2.03. The Bertz CT molecular complexity index is 477. The molecular weight excluding hydrogens is 222 g/mol. The Morgan fingerprint density at radius 1 is 1.18 bits per heavy atom. The van der Waals surface area contributed by atoms with E-state index in [1.807, 2.05) is 30.3 Å². The van der Waals surface area contributed by atoms with Gasteiger partial charge in [0.2, 0.25) is 0 Å². The number of benzene rings is 1. The lowest BCUT2D eigenvalue weighted by molar-refractivity contribution is 0.194. The Hall–Kier alpha value is -2.57. The molecule has 0 saturated carbocycles. The van der Waals surface area contributed by atoms with E-state index in [1.54, 1.807) is 0 Å². The molecule has 0 bridgehead atoms. The van der Waals surface area contributed by atoms with Crippen molar-refractivity contribution < 1.29 is 9.53 Å². The molecule has 0 aliphatic carbocycles. The number of rotatable bonds is 3. The minimum absolute atomic E-state index is 0.182. The first-order valence-electron chi connectivity index (χ1n) is 4.84. The lowest BCUT2D eigenvalue weighted by atomic mass is 10.2. The van der Waals surface area contributed by atoms with Crippen LogP contribution in [0.1, 0.15) is 5.56 Å². The van der Waals surface area contributed by atoms with Crippen LogP contribution in [0.3, 0.4) is 0 Å². The Labute approximate surface area is 96.9 Å². The molecule has 0 saturated heterocycles. The van der Waals surface area contributed by atoms with Crippen molar-refractivity contribution in [2.45, 2.75) is 6.54 Å². The van der Waals surface area contributed by atoms with Crippen LogP contribution in [0.2, 0.25) is 0 Å². The van der Waals surface area contributed by atoms with Gasteiger partial charge < -0.3 is 10.1 Å². The van der Waals surface area contributed by atoms with Crippen molar-refractivity contribution in [3.63, 3.8) is 0 Å². The quantitative estimate of drug-likeness (QED) is 0.829. The molecule has 1 N–H and O–H groups in total. The fourth-order valence-corrected chi connectivity index (χ4v) is 1.12. The number of hydrogen-bond donors (Lipinski definition) is 1. The van der Waals surface area contributed by atoms with Crippen LogP contribution >= 0.6 is 0 Å². The molecule has 0 fully saturated rings. The van der Waals surface area contributed by atoms with Gasteiger partial charge in [-0.25, -0.2) is 4.79 Å². The van der Waals surface area contributed by atoms with Crippen molar-refractivity contribution in [3.05, 3.63) is 42.2 Å². The topological polar surface area (TPSA) is 89.9 Å². The third-order valence-corrected chi connectivity index (χ3v) is 1.85. The van der Waals surface area contributed by atoms with Crippen molar-refractivity contribution in [2.24, 2.45) is 0 Å². The van der Waals surface area contributed by atoms with Gasteiger partial charge in [0.1, 0.15) is 0 Å². The van der Waals surface area contributed by atoms with Crippen molar-refractivity contribution >= 4 is 6.09 Å². The van der Waals surface area contributed by atoms with E-state index in [0.29, 0.717) is 6.54 Å². The summed E-state index contributed by atoms with van der Waals surface area (Å²) in [6.45, 7) is 0.368. The molecule has 1 aromatic carbocycles. The summed E-state index contributed by atoms with van der Waals surface area (Å²) in [6, 6.07) is 9.27. The average molecular weight is 231 g/mol. The molecule has 7 heteroatoms. The fourth-order valence-electron chi connectivity index (χ4n) is 1.12. The van der Waals surface area contributed by atoms with Crippen LogP contribution in [-0.4, -0.2) is 26.5 Å².